The minimum atomic E-state index is -0.00277. The number of pyridine rings is 1. The van der Waals surface area contributed by atoms with Crippen molar-refractivity contribution >= 4 is 29.0 Å². The zero-order valence-corrected chi connectivity index (χ0v) is 8.19. The molecule has 1 heterocycles. The second-order valence-electron chi connectivity index (χ2n) is 2.99. The molecule has 0 saturated carbocycles. The SMILES string of the molecule is N=C(N)c1c[nH]c2ccccc2c1=S. The molecule has 0 aliphatic heterocycles. The highest BCUT2D eigenvalue weighted by Gasteiger charge is 2.02. The number of rotatable bonds is 1. The van der Waals surface area contributed by atoms with Crippen LogP contribution in [-0.2, 0) is 0 Å². The van der Waals surface area contributed by atoms with Crippen molar-refractivity contribution in [1.82, 2.24) is 4.98 Å². The molecule has 0 fully saturated rings. The number of hydrogen-bond acceptors (Lipinski definition) is 2. The second-order valence-corrected chi connectivity index (χ2v) is 3.40. The molecule has 4 N–H and O–H groups in total. The number of nitrogens with one attached hydrogen (secondary N) is 2. The molecule has 0 atom stereocenters. The molecule has 0 radical (unpaired) electrons. The van der Waals surface area contributed by atoms with Crippen LogP contribution in [0.15, 0.2) is 30.5 Å². The third-order valence-electron chi connectivity index (χ3n) is 2.08. The molecule has 14 heavy (non-hydrogen) atoms. The summed E-state index contributed by atoms with van der Waals surface area (Å²) < 4.78 is 0.631. The van der Waals surface area contributed by atoms with Gasteiger partial charge in [0.25, 0.3) is 0 Å². The third-order valence-corrected chi connectivity index (χ3v) is 2.52. The second kappa shape index (κ2) is 3.23. The lowest BCUT2D eigenvalue weighted by atomic mass is 10.1. The van der Waals surface area contributed by atoms with Crippen molar-refractivity contribution in [3.63, 3.8) is 0 Å². The molecule has 1 aromatic heterocycles. The van der Waals surface area contributed by atoms with E-state index in [1.54, 1.807) is 6.20 Å². The summed E-state index contributed by atoms with van der Waals surface area (Å²) in [5, 5.41) is 8.27. The van der Waals surface area contributed by atoms with Crippen molar-refractivity contribution in [2.75, 3.05) is 0 Å². The van der Waals surface area contributed by atoms with Crippen LogP contribution in [0.3, 0.4) is 0 Å². The highest BCUT2D eigenvalue weighted by molar-refractivity contribution is 7.71. The number of fused-ring (bicyclic) bond motifs is 1. The molecule has 0 unspecified atom stereocenters. The highest BCUT2D eigenvalue weighted by Crippen LogP contribution is 2.15. The zero-order valence-electron chi connectivity index (χ0n) is 7.37. The van der Waals surface area contributed by atoms with Crippen molar-refractivity contribution in [1.29, 1.82) is 5.41 Å². The van der Waals surface area contributed by atoms with Crippen molar-refractivity contribution in [2.45, 2.75) is 0 Å². The largest absolute Gasteiger partial charge is 0.384 e. The van der Waals surface area contributed by atoms with Crippen LogP contribution in [0.2, 0.25) is 0 Å². The molecule has 0 aliphatic rings. The molecular weight excluding hydrogens is 194 g/mol. The van der Waals surface area contributed by atoms with Crippen molar-refractivity contribution in [2.24, 2.45) is 5.73 Å². The van der Waals surface area contributed by atoms with Gasteiger partial charge >= 0.3 is 0 Å². The summed E-state index contributed by atoms with van der Waals surface area (Å²) in [4.78, 5) is 3.05. The number of amidine groups is 1. The fraction of sp³-hybridized carbons (Fsp3) is 0. The lowest BCUT2D eigenvalue weighted by molar-refractivity contribution is 1.35. The molecule has 0 spiro atoms. The molecule has 1 aromatic carbocycles. The maximum atomic E-state index is 7.34. The number of hydrogen-bond donors (Lipinski definition) is 3. The summed E-state index contributed by atoms with van der Waals surface area (Å²) in [5.74, 6) is -0.00277. The van der Waals surface area contributed by atoms with Crippen molar-refractivity contribution in [3.05, 3.63) is 40.5 Å². The topological polar surface area (TPSA) is 65.7 Å². The fourth-order valence-corrected chi connectivity index (χ4v) is 1.71. The number of aromatic nitrogens is 1. The fourth-order valence-electron chi connectivity index (χ4n) is 1.37. The van der Waals surface area contributed by atoms with Crippen LogP contribution in [-0.4, -0.2) is 10.8 Å². The molecule has 0 bridgehead atoms. The minimum Gasteiger partial charge on any atom is -0.384 e. The Morgan fingerprint density at radius 3 is 2.79 bits per heavy atom. The van der Waals surface area contributed by atoms with E-state index < -0.39 is 0 Å². The Kier molecular flexibility index (Phi) is 2.05. The molecule has 2 aromatic rings. The quantitative estimate of drug-likeness (QED) is 0.378. The van der Waals surface area contributed by atoms with Gasteiger partial charge in [-0.05, 0) is 6.07 Å². The molecule has 0 amide bonds. The summed E-state index contributed by atoms with van der Waals surface area (Å²) in [5.41, 5.74) is 6.95. The van der Waals surface area contributed by atoms with Gasteiger partial charge in [-0.1, -0.05) is 30.4 Å². The Balaban J connectivity index is 2.89. The van der Waals surface area contributed by atoms with E-state index in [0.717, 1.165) is 10.9 Å². The van der Waals surface area contributed by atoms with Crippen LogP contribution in [0.1, 0.15) is 5.56 Å². The van der Waals surface area contributed by atoms with Gasteiger partial charge in [0, 0.05) is 17.1 Å². The number of nitrogens with two attached hydrogens (primary N) is 1. The summed E-state index contributed by atoms with van der Waals surface area (Å²) >= 11 is 5.23. The Morgan fingerprint density at radius 1 is 1.36 bits per heavy atom. The Hall–Kier alpha value is -1.68. The highest BCUT2D eigenvalue weighted by atomic mass is 32.1. The molecule has 4 heteroatoms. The number of benzene rings is 1. The number of para-hydroxylation sites is 1. The summed E-state index contributed by atoms with van der Waals surface area (Å²) in [6.07, 6.45) is 1.67. The lowest BCUT2D eigenvalue weighted by Crippen LogP contribution is -2.12. The number of nitrogen functional groups attached to an aromatic ring is 1. The monoisotopic (exact) mass is 203 g/mol. The molecule has 0 aliphatic carbocycles. The first-order valence-electron chi connectivity index (χ1n) is 4.15. The maximum absolute atomic E-state index is 7.34. The Bertz CT molecular complexity index is 557. The predicted octanol–water partition coefficient (Wildman–Crippen LogP) is 2.18. The first-order chi connectivity index (χ1) is 6.70. The summed E-state index contributed by atoms with van der Waals surface area (Å²) in [6, 6.07) is 7.70. The van der Waals surface area contributed by atoms with Gasteiger partial charge in [0.2, 0.25) is 0 Å². The predicted molar refractivity (Wildman–Crippen MR) is 60.1 cm³/mol. The van der Waals surface area contributed by atoms with E-state index in [1.807, 2.05) is 24.3 Å². The standard InChI is InChI=1S/C10H9N3S/c11-10(12)7-5-13-8-4-2-1-3-6(8)9(7)14/h1-5H,(H3,11,12)(H,13,14). The van der Waals surface area contributed by atoms with Gasteiger partial charge in [-0.15, -0.1) is 0 Å². The normalized spacial score (nSPS) is 10.3. The van der Waals surface area contributed by atoms with Gasteiger partial charge < -0.3 is 10.7 Å². The van der Waals surface area contributed by atoms with Gasteiger partial charge in [-0.2, -0.15) is 0 Å². The third kappa shape index (κ3) is 1.29. The van der Waals surface area contributed by atoms with Crippen molar-refractivity contribution < 1.29 is 0 Å². The first kappa shape index (κ1) is 8.90. The van der Waals surface area contributed by atoms with Crippen LogP contribution in [0.4, 0.5) is 0 Å². The lowest BCUT2D eigenvalue weighted by Gasteiger charge is -2.02. The van der Waals surface area contributed by atoms with Gasteiger partial charge in [0.15, 0.2) is 0 Å². The van der Waals surface area contributed by atoms with Crippen molar-refractivity contribution in [3.8, 4) is 0 Å². The van der Waals surface area contributed by atoms with E-state index >= 15 is 0 Å². The summed E-state index contributed by atoms with van der Waals surface area (Å²) in [7, 11) is 0. The van der Waals surface area contributed by atoms with Gasteiger partial charge in [0.1, 0.15) is 5.84 Å². The molecular formula is C10H9N3S. The van der Waals surface area contributed by atoms with E-state index in [1.165, 1.54) is 0 Å². The minimum absolute atomic E-state index is 0.00277. The zero-order chi connectivity index (χ0) is 10.1. The van der Waals surface area contributed by atoms with Crippen LogP contribution in [0.25, 0.3) is 10.9 Å². The molecule has 3 nitrogen and oxygen atoms in total. The van der Waals surface area contributed by atoms with E-state index in [2.05, 4.69) is 4.98 Å². The van der Waals surface area contributed by atoms with Crippen LogP contribution >= 0.6 is 12.2 Å². The first-order valence-corrected chi connectivity index (χ1v) is 4.56. The van der Waals surface area contributed by atoms with Crippen LogP contribution in [0, 0.1) is 9.92 Å². The van der Waals surface area contributed by atoms with Crippen LogP contribution in [0.5, 0.6) is 0 Å². The van der Waals surface area contributed by atoms with Crippen LogP contribution < -0.4 is 5.73 Å². The summed E-state index contributed by atoms with van der Waals surface area (Å²) in [6.45, 7) is 0. The van der Waals surface area contributed by atoms with E-state index in [-0.39, 0.29) is 5.84 Å². The average Bonchev–Trinajstić information content (AvgIpc) is 2.18. The molecule has 0 saturated heterocycles. The molecule has 70 valence electrons. The molecule has 2 rings (SSSR count). The van der Waals surface area contributed by atoms with Gasteiger partial charge in [-0.25, -0.2) is 0 Å². The van der Waals surface area contributed by atoms with E-state index in [9.17, 15) is 0 Å². The van der Waals surface area contributed by atoms with E-state index in [4.69, 9.17) is 23.4 Å². The number of aromatic amines is 1. The smallest absolute Gasteiger partial charge is 0.125 e. The Labute approximate surface area is 86.1 Å². The Morgan fingerprint density at radius 2 is 2.07 bits per heavy atom. The average molecular weight is 203 g/mol. The number of H-pyrrole nitrogens is 1. The van der Waals surface area contributed by atoms with Gasteiger partial charge in [0.05, 0.1) is 10.1 Å². The maximum Gasteiger partial charge on any atom is 0.125 e. The van der Waals surface area contributed by atoms with Gasteiger partial charge in [-0.3, -0.25) is 5.41 Å². The van der Waals surface area contributed by atoms with E-state index in [0.29, 0.717) is 10.1 Å².